The number of hydrogen-bond acceptors (Lipinski definition) is 5. The molecule has 3 aromatic carbocycles. The van der Waals surface area contributed by atoms with Gasteiger partial charge in [0, 0.05) is 25.3 Å². The van der Waals surface area contributed by atoms with Gasteiger partial charge >= 0.3 is 0 Å². The van der Waals surface area contributed by atoms with E-state index in [1.807, 2.05) is 6.07 Å². The number of nitrogens with one attached hydrogen (secondary N) is 1. The Kier molecular flexibility index (Phi) is 7.37. The zero-order chi connectivity index (χ0) is 24.0. The van der Waals surface area contributed by atoms with E-state index in [2.05, 4.69) is 28.4 Å². The first-order chi connectivity index (χ1) is 16.5. The van der Waals surface area contributed by atoms with Gasteiger partial charge < -0.3 is 15.0 Å². The first-order valence-electron chi connectivity index (χ1n) is 11.3. The van der Waals surface area contributed by atoms with Gasteiger partial charge in [0.15, 0.2) is 0 Å². The summed E-state index contributed by atoms with van der Waals surface area (Å²) in [4.78, 5) is 15.2. The zero-order valence-electron chi connectivity index (χ0n) is 19.2. The van der Waals surface area contributed by atoms with Gasteiger partial charge in [-0.3, -0.25) is 9.10 Å². The van der Waals surface area contributed by atoms with Crippen molar-refractivity contribution in [2.75, 3.05) is 42.5 Å². The van der Waals surface area contributed by atoms with Crippen molar-refractivity contribution >= 4 is 27.3 Å². The topological polar surface area (TPSA) is 79.0 Å². The number of hydrogen-bond donors (Lipinski definition) is 1. The molecule has 1 amide bonds. The number of benzene rings is 3. The molecule has 0 atom stereocenters. The summed E-state index contributed by atoms with van der Waals surface area (Å²) in [5.74, 6) is 0.214. The number of fused-ring (bicyclic) bond motifs is 1. The van der Waals surface area contributed by atoms with Crippen molar-refractivity contribution in [2.24, 2.45) is 0 Å². The third kappa shape index (κ3) is 5.34. The Labute approximate surface area is 201 Å². The van der Waals surface area contributed by atoms with Crippen LogP contribution in [0.15, 0.2) is 83.8 Å². The van der Waals surface area contributed by atoms with E-state index >= 15 is 0 Å². The van der Waals surface area contributed by atoms with E-state index in [0.29, 0.717) is 18.0 Å². The number of para-hydroxylation sites is 2. The van der Waals surface area contributed by atoms with Crippen LogP contribution in [0.3, 0.4) is 0 Å². The maximum absolute atomic E-state index is 13.4. The molecule has 178 valence electrons. The minimum Gasteiger partial charge on any atom is -0.497 e. The summed E-state index contributed by atoms with van der Waals surface area (Å²) in [5.41, 5.74) is 3.05. The van der Waals surface area contributed by atoms with Gasteiger partial charge in [-0.15, -0.1) is 0 Å². The number of ether oxygens (including phenoxy) is 1. The van der Waals surface area contributed by atoms with E-state index < -0.39 is 10.0 Å². The first kappa shape index (κ1) is 23.6. The maximum atomic E-state index is 13.4. The summed E-state index contributed by atoms with van der Waals surface area (Å²) < 4.78 is 33.0. The number of sulfonamides is 1. The van der Waals surface area contributed by atoms with Gasteiger partial charge in [-0.1, -0.05) is 36.4 Å². The molecule has 0 radical (unpaired) electrons. The van der Waals surface area contributed by atoms with Crippen LogP contribution in [0.4, 0.5) is 11.4 Å². The summed E-state index contributed by atoms with van der Waals surface area (Å²) in [7, 11) is -2.42. The Hall–Kier alpha value is -3.52. The van der Waals surface area contributed by atoms with E-state index in [9.17, 15) is 13.2 Å². The summed E-state index contributed by atoms with van der Waals surface area (Å²) in [6.07, 6.45) is 1.81. The van der Waals surface area contributed by atoms with Crippen molar-refractivity contribution in [2.45, 2.75) is 17.7 Å². The van der Waals surface area contributed by atoms with Gasteiger partial charge in [-0.05, 0) is 60.9 Å². The van der Waals surface area contributed by atoms with E-state index in [1.165, 1.54) is 30.5 Å². The number of anilines is 2. The van der Waals surface area contributed by atoms with Crippen LogP contribution in [-0.2, 0) is 21.2 Å². The van der Waals surface area contributed by atoms with Crippen LogP contribution in [0, 0.1) is 0 Å². The SMILES string of the molecule is COc1ccc(S(=O)(=O)N(CC(=O)NCCCN2CCc3ccccc32)c2ccccc2)cc1. The van der Waals surface area contributed by atoms with Crippen molar-refractivity contribution in [3.05, 3.63) is 84.4 Å². The molecule has 0 aliphatic carbocycles. The Bertz CT molecular complexity index is 1210. The Morgan fingerprint density at radius 3 is 2.44 bits per heavy atom. The normalized spacial score (nSPS) is 12.8. The quantitative estimate of drug-likeness (QED) is 0.451. The standard InChI is InChI=1S/C26H29N3O4S/c1-33-23-12-14-24(15-13-23)34(31,32)29(22-9-3-2-4-10-22)20-26(30)27-17-7-18-28-19-16-21-8-5-6-11-25(21)28/h2-6,8-15H,7,16-20H2,1H3,(H,27,30). The molecule has 0 aromatic heterocycles. The van der Waals surface area contributed by atoms with Gasteiger partial charge in [0.1, 0.15) is 12.3 Å². The highest BCUT2D eigenvalue weighted by molar-refractivity contribution is 7.92. The predicted octanol–water partition coefficient (Wildman–Crippen LogP) is 3.46. The smallest absolute Gasteiger partial charge is 0.264 e. The molecular weight excluding hydrogens is 450 g/mol. The van der Waals surface area contributed by atoms with Gasteiger partial charge in [0.05, 0.1) is 17.7 Å². The van der Waals surface area contributed by atoms with Crippen LogP contribution < -0.4 is 19.3 Å². The monoisotopic (exact) mass is 479 g/mol. The lowest BCUT2D eigenvalue weighted by Crippen LogP contribution is -2.41. The molecule has 0 fully saturated rings. The summed E-state index contributed by atoms with van der Waals surface area (Å²) in [6.45, 7) is 1.99. The molecule has 1 heterocycles. The Morgan fingerprint density at radius 2 is 1.71 bits per heavy atom. The molecule has 0 spiro atoms. The van der Waals surface area contributed by atoms with Crippen molar-refractivity contribution in [1.82, 2.24) is 5.32 Å². The highest BCUT2D eigenvalue weighted by Crippen LogP contribution is 2.27. The fourth-order valence-electron chi connectivity index (χ4n) is 4.11. The van der Waals surface area contributed by atoms with Crippen molar-refractivity contribution in [3.8, 4) is 5.75 Å². The molecule has 0 bridgehead atoms. The average Bonchev–Trinajstić information content (AvgIpc) is 3.28. The Balaban J connectivity index is 1.39. The van der Waals surface area contributed by atoms with Crippen molar-refractivity contribution in [3.63, 3.8) is 0 Å². The number of carbonyl (C=O) groups is 1. The number of carbonyl (C=O) groups excluding carboxylic acids is 1. The third-order valence-corrected chi connectivity index (χ3v) is 7.68. The number of amides is 1. The van der Waals surface area contributed by atoms with Crippen LogP contribution in [-0.4, -0.2) is 47.6 Å². The van der Waals surface area contributed by atoms with Crippen LogP contribution in [0.5, 0.6) is 5.75 Å². The van der Waals surface area contributed by atoms with E-state index in [4.69, 9.17) is 4.74 Å². The predicted molar refractivity (Wildman–Crippen MR) is 134 cm³/mol. The fraction of sp³-hybridized carbons (Fsp3) is 0.269. The van der Waals surface area contributed by atoms with Crippen molar-refractivity contribution < 1.29 is 17.9 Å². The molecule has 0 saturated carbocycles. The van der Waals surface area contributed by atoms with E-state index in [0.717, 1.165) is 30.2 Å². The maximum Gasteiger partial charge on any atom is 0.264 e. The largest absolute Gasteiger partial charge is 0.497 e. The molecular formula is C26H29N3O4S. The molecule has 0 unspecified atom stereocenters. The summed E-state index contributed by atoms with van der Waals surface area (Å²) in [5, 5.41) is 2.88. The van der Waals surface area contributed by atoms with E-state index in [-0.39, 0.29) is 17.3 Å². The third-order valence-electron chi connectivity index (χ3n) is 5.89. The van der Waals surface area contributed by atoms with Gasteiger partial charge in [-0.25, -0.2) is 8.42 Å². The molecule has 1 N–H and O–H groups in total. The molecule has 8 heteroatoms. The average molecular weight is 480 g/mol. The second-order valence-corrected chi connectivity index (χ2v) is 9.95. The lowest BCUT2D eigenvalue weighted by atomic mass is 10.2. The van der Waals surface area contributed by atoms with Crippen LogP contribution in [0.2, 0.25) is 0 Å². The minimum absolute atomic E-state index is 0.0950. The lowest BCUT2D eigenvalue weighted by molar-refractivity contribution is -0.119. The number of nitrogens with zero attached hydrogens (tertiary/aromatic N) is 2. The van der Waals surface area contributed by atoms with Crippen LogP contribution in [0.25, 0.3) is 0 Å². The summed E-state index contributed by atoms with van der Waals surface area (Å²) in [6, 6.07) is 23.2. The number of methoxy groups -OCH3 is 1. The minimum atomic E-state index is -3.94. The van der Waals surface area contributed by atoms with Gasteiger partial charge in [-0.2, -0.15) is 0 Å². The molecule has 1 aliphatic rings. The Morgan fingerprint density at radius 1 is 1.00 bits per heavy atom. The molecule has 3 aromatic rings. The highest BCUT2D eigenvalue weighted by Gasteiger charge is 2.27. The molecule has 7 nitrogen and oxygen atoms in total. The second-order valence-electron chi connectivity index (χ2n) is 8.09. The summed E-state index contributed by atoms with van der Waals surface area (Å²) >= 11 is 0. The van der Waals surface area contributed by atoms with Gasteiger partial charge in [0.2, 0.25) is 5.91 Å². The molecule has 4 rings (SSSR count). The van der Waals surface area contributed by atoms with Crippen molar-refractivity contribution in [1.29, 1.82) is 0 Å². The van der Waals surface area contributed by atoms with Gasteiger partial charge in [0.25, 0.3) is 10.0 Å². The van der Waals surface area contributed by atoms with Crippen LogP contribution in [0.1, 0.15) is 12.0 Å². The molecule has 1 aliphatic heterocycles. The van der Waals surface area contributed by atoms with Crippen LogP contribution >= 0.6 is 0 Å². The first-order valence-corrected chi connectivity index (χ1v) is 12.7. The fourth-order valence-corrected chi connectivity index (χ4v) is 5.53. The lowest BCUT2D eigenvalue weighted by Gasteiger charge is -2.24. The molecule has 34 heavy (non-hydrogen) atoms. The number of rotatable bonds is 10. The van der Waals surface area contributed by atoms with E-state index in [1.54, 1.807) is 42.5 Å². The molecule has 0 saturated heterocycles. The highest BCUT2D eigenvalue weighted by atomic mass is 32.2. The second kappa shape index (κ2) is 10.6. The zero-order valence-corrected chi connectivity index (χ0v) is 20.0.